The van der Waals surface area contributed by atoms with Crippen LogP contribution in [-0.4, -0.2) is 27.1 Å². The van der Waals surface area contributed by atoms with Gasteiger partial charge in [-0.2, -0.15) is 0 Å². The normalized spacial score (nSPS) is 12.6. The molecule has 0 spiro atoms. The fraction of sp³-hybridized carbons (Fsp3) is 0.294. The van der Waals surface area contributed by atoms with Crippen molar-refractivity contribution in [3.63, 3.8) is 0 Å². The Morgan fingerprint density at radius 2 is 1.48 bits per heavy atom. The number of nitrogens with one attached hydrogen (secondary N) is 1. The molecule has 1 atom stereocenters. The van der Waals surface area contributed by atoms with Crippen LogP contribution in [-0.2, 0) is 9.47 Å². The Balaban J connectivity index is 2.20. The molecule has 1 N–H and O–H groups in total. The number of hydrogen-bond acceptors (Lipinski definition) is 3. The van der Waals surface area contributed by atoms with Gasteiger partial charge < -0.3 is 14.8 Å². The van der Waals surface area contributed by atoms with Gasteiger partial charge >= 0.3 is 0 Å². The van der Waals surface area contributed by atoms with Gasteiger partial charge in [-0.25, -0.2) is 4.39 Å². The van der Waals surface area contributed by atoms with Crippen LogP contribution in [0.15, 0.2) is 54.6 Å². The summed E-state index contributed by atoms with van der Waals surface area (Å²) in [5.41, 5.74) is 2.10. The van der Waals surface area contributed by atoms with Crippen LogP contribution in [0.3, 0.4) is 0 Å². The van der Waals surface area contributed by atoms with Crippen molar-refractivity contribution in [1.82, 2.24) is 5.32 Å². The van der Waals surface area contributed by atoms with E-state index in [0.717, 1.165) is 11.1 Å². The van der Waals surface area contributed by atoms with E-state index in [1.807, 2.05) is 30.3 Å². The number of rotatable bonds is 7. The minimum absolute atomic E-state index is 0.0420. The summed E-state index contributed by atoms with van der Waals surface area (Å²) in [5.74, 6) is -0.239. The first-order chi connectivity index (χ1) is 10.2. The Bertz CT molecular complexity index is 526. The maximum Gasteiger partial charge on any atom is 0.169 e. The zero-order valence-electron chi connectivity index (χ0n) is 12.3. The summed E-state index contributed by atoms with van der Waals surface area (Å²) >= 11 is 0. The number of ether oxygens (including phenoxy) is 2. The van der Waals surface area contributed by atoms with E-state index in [4.69, 9.17) is 9.47 Å². The average Bonchev–Trinajstić information content (AvgIpc) is 2.54. The van der Waals surface area contributed by atoms with Crippen molar-refractivity contribution in [2.45, 2.75) is 12.3 Å². The number of methoxy groups -OCH3 is 2. The third-order valence-electron chi connectivity index (χ3n) is 3.35. The highest BCUT2D eigenvalue weighted by molar-refractivity contribution is 5.31. The van der Waals surface area contributed by atoms with E-state index in [2.05, 4.69) is 5.32 Å². The van der Waals surface area contributed by atoms with E-state index in [0.29, 0.717) is 6.54 Å². The van der Waals surface area contributed by atoms with Crippen molar-refractivity contribution in [3.8, 4) is 0 Å². The molecule has 3 nitrogen and oxygen atoms in total. The second-order valence-electron chi connectivity index (χ2n) is 4.70. The van der Waals surface area contributed by atoms with Gasteiger partial charge in [0.2, 0.25) is 0 Å². The summed E-state index contributed by atoms with van der Waals surface area (Å²) in [6.45, 7) is 0.532. The molecule has 0 heterocycles. The standard InChI is InChI=1S/C17H20FNO2/c1-20-16(21-2)12-19-17(13-6-4-3-5-7-13)14-8-10-15(18)11-9-14/h3-11,16-17,19H,12H2,1-2H3. The highest BCUT2D eigenvalue weighted by atomic mass is 19.1. The third kappa shape index (κ3) is 4.36. The van der Waals surface area contributed by atoms with E-state index in [1.54, 1.807) is 26.4 Å². The van der Waals surface area contributed by atoms with Crippen LogP contribution in [0.4, 0.5) is 4.39 Å². The summed E-state index contributed by atoms with van der Waals surface area (Å²) in [4.78, 5) is 0. The Labute approximate surface area is 124 Å². The first kappa shape index (κ1) is 15.6. The monoisotopic (exact) mass is 289 g/mol. The van der Waals surface area contributed by atoms with Crippen molar-refractivity contribution in [2.24, 2.45) is 0 Å². The van der Waals surface area contributed by atoms with E-state index >= 15 is 0 Å². The molecule has 2 aromatic rings. The molecule has 21 heavy (non-hydrogen) atoms. The molecule has 0 aliphatic carbocycles. The smallest absolute Gasteiger partial charge is 0.169 e. The van der Waals surface area contributed by atoms with Gasteiger partial charge in [-0.15, -0.1) is 0 Å². The molecule has 0 amide bonds. The van der Waals surface area contributed by atoms with Crippen LogP contribution in [0.5, 0.6) is 0 Å². The third-order valence-corrected chi connectivity index (χ3v) is 3.35. The molecule has 0 aliphatic rings. The van der Waals surface area contributed by atoms with Crippen molar-refractivity contribution >= 4 is 0 Å². The summed E-state index contributed by atoms with van der Waals surface area (Å²) in [7, 11) is 3.20. The van der Waals surface area contributed by atoms with Crippen LogP contribution in [0.1, 0.15) is 17.2 Å². The molecule has 0 radical (unpaired) electrons. The topological polar surface area (TPSA) is 30.5 Å². The summed E-state index contributed by atoms with van der Waals surface area (Å²) in [6, 6.07) is 16.5. The van der Waals surface area contributed by atoms with Crippen molar-refractivity contribution in [1.29, 1.82) is 0 Å². The molecule has 0 saturated carbocycles. The Morgan fingerprint density at radius 1 is 0.905 bits per heavy atom. The number of benzene rings is 2. The minimum Gasteiger partial charge on any atom is -0.355 e. The Hall–Kier alpha value is -1.75. The minimum atomic E-state index is -0.323. The van der Waals surface area contributed by atoms with Gasteiger partial charge in [-0.3, -0.25) is 0 Å². The zero-order valence-corrected chi connectivity index (χ0v) is 12.3. The fourth-order valence-corrected chi connectivity index (χ4v) is 2.21. The fourth-order valence-electron chi connectivity index (χ4n) is 2.21. The predicted octanol–water partition coefficient (Wildman–Crippen LogP) is 3.12. The zero-order chi connectivity index (χ0) is 15.1. The van der Waals surface area contributed by atoms with Gasteiger partial charge in [0.25, 0.3) is 0 Å². The summed E-state index contributed by atoms with van der Waals surface area (Å²) in [6.07, 6.45) is -0.323. The van der Waals surface area contributed by atoms with E-state index in [9.17, 15) is 4.39 Å². The van der Waals surface area contributed by atoms with Gasteiger partial charge in [0.05, 0.1) is 6.04 Å². The maximum absolute atomic E-state index is 13.1. The lowest BCUT2D eigenvalue weighted by atomic mass is 9.98. The van der Waals surface area contributed by atoms with E-state index < -0.39 is 0 Å². The predicted molar refractivity (Wildman–Crippen MR) is 80.5 cm³/mol. The molecule has 4 heteroatoms. The van der Waals surface area contributed by atoms with Gasteiger partial charge in [0.1, 0.15) is 5.82 Å². The Kier molecular flexibility index (Phi) is 5.87. The SMILES string of the molecule is COC(CNC(c1ccccc1)c1ccc(F)cc1)OC. The molecule has 0 fully saturated rings. The molecule has 2 aromatic carbocycles. The second kappa shape index (κ2) is 7.88. The quantitative estimate of drug-likeness (QED) is 0.794. The first-order valence-electron chi connectivity index (χ1n) is 6.84. The lowest BCUT2D eigenvalue weighted by molar-refractivity contribution is -0.0995. The van der Waals surface area contributed by atoms with Gasteiger partial charge in [0.15, 0.2) is 6.29 Å². The van der Waals surface area contributed by atoms with Crippen molar-refractivity contribution in [2.75, 3.05) is 20.8 Å². The molecular formula is C17H20FNO2. The summed E-state index contributed by atoms with van der Waals surface area (Å²) in [5, 5.41) is 3.40. The lowest BCUT2D eigenvalue weighted by Gasteiger charge is -2.22. The average molecular weight is 289 g/mol. The van der Waals surface area contributed by atoms with Crippen LogP contribution >= 0.6 is 0 Å². The summed E-state index contributed by atoms with van der Waals surface area (Å²) < 4.78 is 23.5. The Morgan fingerprint density at radius 3 is 2.05 bits per heavy atom. The number of halogens is 1. The van der Waals surface area contributed by atoms with Crippen LogP contribution in [0.2, 0.25) is 0 Å². The van der Waals surface area contributed by atoms with Gasteiger partial charge in [0, 0.05) is 20.8 Å². The van der Waals surface area contributed by atoms with E-state index in [-0.39, 0.29) is 18.1 Å². The van der Waals surface area contributed by atoms with Crippen LogP contribution < -0.4 is 5.32 Å². The molecule has 1 unspecified atom stereocenters. The highest BCUT2D eigenvalue weighted by Gasteiger charge is 2.15. The maximum atomic E-state index is 13.1. The molecule has 0 bridgehead atoms. The van der Waals surface area contributed by atoms with Crippen molar-refractivity contribution in [3.05, 3.63) is 71.5 Å². The van der Waals surface area contributed by atoms with Gasteiger partial charge in [-0.1, -0.05) is 42.5 Å². The molecule has 0 aromatic heterocycles. The largest absolute Gasteiger partial charge is 0.355 e. The second-order valence-corrected chi connectivity index (χ2v) is 4.70. The molecule has 0 saturated heterocycles. The number of hydrogen-bond donors (Lipinski definition) is 1. The molecule has 2 rings (SSSR count). The molecule has 0 aliphatic heterocycles. The molecular weight excluding hydrogens is 269 g/mol. The van der Waals surface area contributed by atoms with Crippen molar-refractivity contribution < 1.29 is 13.9 Å². The lowest BCUT2D eigenvalue weighted by Crippen LogP contribution is -2.33. The molecule has 112 valence electrons. The van der Waals surface area contributed by atoms with Gasteiger partial charge in [-0.05, 0) is 23.3 Å². The van der Waals surface area contributed by atoms with E-state index in [1.165, 1.54) is 12.1 Å². The first-order valence-corrected chi connectivity index (χ1v) is 6.84. The van der Waals surface area contributed by atoms with Crippen LogP contribution in [0, 0.1) is 5.82 Å². The highest BCUT2D eigenvalue weighted by Crippen LogP contribution is 2.22. The van der Waals surface area contributed by atoms with Crippen LogP contribution in [0.25, 0.3) is 0 Å².